The van der Waals surface area contributed by atoms with E-state index in [0.29, 0.717) is 6.04 Å². The SMILES string of the molecule is CCN(c1ccnc2c(N)cccc12)C1CC1. The van der Waals surface area contributed by atoms with Crippen LogP contribution in [0.2, 0.25) is 0 Å². The second-order valence-corrected chi connectivity index (χ2v) is 4.59. The van der Waals surface area contributed by atoms with Gasteiger partial charge in [-0.2, -0.15) is 0 Å². The topological polar surface area (TPSA) is 42.2 Å². The number of aromatic nitrogens is 1. The maximum atomic E-state index is 5.98. The highest BCUT2D eigenvalue weighted by Crippen LogP contribution is 2.35. The molecule has 3 rings (SSSR count). The van der Waals surface area contributed by atoms with Gasteiger partial charge in [-0.1, -0.05) is 12.1 Å². The Morgan fingerprint density at radius 2 is 2.18 bits per heavy atom. The molecular weight excluding hydrogens is 210 g/mol. The molecule has 88 valence electrons. The molecule has 17 heavy (non-hydrogen) atoms. The molecule has 0 saturated heterocycles. The summed E-state index contributed by atoms with van der Waals surface area (Å²) in [6.45, 7) is 3.25. The van der Waals surface area contributed by atoms with Gasteiger partial charge in [-0.25, -0.2) is 0 Å². The summed E-state index contributed by atoms with van der Waals surface area (Å²) in [5.74, 6) is 0. The van der Waals surface area contributed by atoms with Crippen molar-refractivity contribution in [3.63, 3.8) is 0 Å². The van der Waals surface area contributed by atoms with Gasteiger partial charge in [-0.15, -0.1) is 0 Å². The first-order chi connectivity index (χ1) is 8.31. The van der Waals surface area contributed by atoms with Gasteiger partial charge in [0.15, 0.2) is 0 Å². The first-order valence-electron chi connectivity index (χ1n) is 6.21. The van der Waals surface area contributed by atoms with Crippen LogP contribution in [0.15, 0.2) is 30.5 Å². The molecule has 1 aromatic heterocycles. The van der Waals surface area contributed by atoms with Gasteiger partial charge in [0.1, 0.15) is 0 Å². The number of nitrogens with two attached hydrogens (primary N) is 1. The van der Waals surface area contributed by atoms with E-state index >= 15 is 0 Å². The number of benzene rings is 1. The highest BCUT2D eigenvalue weighted by atomic mass is 15.2. The number of hydrogen-bond acceptors (Lipinski definition) is 3. The third-order valence-corrected chi connectivity index (χ3v) is 3.42. The number of nitrogens with zero attached hydrogens (tertiary/aromatic N) is 2. The zero-order valence-electron chi connectivity index (χ0n) is 10.1. The lowest BCUT2D eigenvalue weighted by molar-refractivity contribution is 0.829. The molecule has 0 aliphatic heterocycles. The van der Waals surface area contributed by atoms with Crippen LogP contribution in [0.5, 0.6) is 0 Å². The third-order valence-electron chi connectivity index (χ3n) is 3.42. The van der Waals surface area contributed by atoms with Crippen molar-refractivity contribution >= 4 is 22.3 Å². The molecule has 1 heterocycles. The smallest absolute Gasteiger partial charge is 0.0951 e. The first-order valence-corrected chi connectivity index (χ1v) is 6.21. The molecule has 0 radical (unpaired) electrons. The maximum absolute atomic E-state index is 5.98. The summed E-state index contributed by atoms with van der Waals surface area (Å²) in [5, 5.41) is 1.17. The average Bonchev–Trinajstić information content (AvgIpc) is 3.16. The van der Waals surface area contributed by atoms with E-state index in [9.17, 15) is 0 Å². The fourth-order valence-corrected chi connectivity index (χ4v) is 2.45. The van der Waals surface area contributed by atoms with Crippen LogP contribution in [0.4, 0.5) is 11.4 Å². The number of rotatable bonds is 3. The van der Waals surface area contributed by atoms with Crippen molar-refractivity contribution in [2.24, 2.45) is 0 Å². The van der Waals surface area contributed by atoms with E-state index in [-0.39, 0.29) is 0 Å². The number of para-hydroxylation sites is 1. The van der Waals surface area contributed by atoms with Gasteiger partial charge in [-0.05, 0) is 31.9 Å². The molecule has 0 atom stereocenters. The lowest BCUT2D eigenvalue weighted by atomic mass is 10.1. The first kappa shape index (κ1) is 10.4. The summed E-state index contributed by atoms with van der Waals surface area (Å²) < 4.78 is 0. The van der Waals surface area contributed by atoms with Crippen molar-refractivity contribution in [1.82, 2.24) is 4.98 Å². The van der Waals surface area contributed by atoms with Crippen LogP contribution in [0.1, 0.15) is 19.8 Å². The lowest BCUT2D eigenvalue weighted by Gasteiger charge is -2.24. The Morgan fingerprint density at radius 1 is 1.35 bits per heavy atom. The van der Waals surface area contributed by atoms with Gasteiger partial charge in [0.2, 0.25) is 0 Å². The van der Waals surface area contributed by atoms with E-state index in [1.807, 2.05) is 18.3 Å². The van der Waals surface area contributed by atoms with Crippen molar-refractivity contribution < 1.29 is 0 Å². The molecule has 0 bridgehead atoms. The normalized spacial score (nSPS) is 15.1. The summed E-state index contributed by atoms with van der Waals surface area (Å²) in [4.78, 5) is 6.85. The quantitative estimate of drug-likeness (QED) is 0.820. The van der Waals surface area contributed by atoms with E-state index < -0.39 is 0 Å². The van der Waals surface area contributed by atoms with Crippen molar-refractivity contribution in [3.05, 3.63) is 30.5 Å². The molecule has 3 nitrogen and oxygen atoms in total. The van der Waals surface area contributed by atoms with Crippen LogP contribution in [0.3, 0.4) is 0 Å². The second kappa shape index (κ2) is 3.91. The van der Waals surface area contributed by atoms with E-state index in [4.69, 9.17) is 5.73 Å². The number of pyridine rings is 1. The van der Waals surface area contributed by atoms with Gasteiger partial charge in [-0.3, -0.25) is 4.98 Å². The maximum Gasteiger partial charge on any atom is 0.0951 e. The predicted octanol–water partition coefficient (Wildman–Crippen LogP) is 2.81. The standard InChI is InChI=1S/C14H17N3/c1-2-17(10-6-7-10)13-8-9-16-14-11(13)4-3-5-12(14)15/h3-5,8-10H,2,6-7,15H2,1H3. The van der Waals surface area contributed by atoms with Gasteiger partial charge >= 0.3 is 0 Å². The molecule has 1 aliphatic rings. The van der Waals surface area contributed by atoms with E-state index in [2.05, 4.69) is 28.9 Å². The Morgan fingerprint density at radius 3 is 2.88 bits per heavy atom. The van der Waals surface area contributed by atoms with Crippen molar-refractivity contribution in [2.45, 2.75) is 25.8 Å². The van der Waals surface area contributed by atoms with Crippen LogP contribution < -0.4 is 10.6 Å². The van der Waals surface area contributed by atoms with Crippen molar-refractivity contribution in [2.75, 3.05) is 17.2 Å². The minimum absolute atomic E-state index is 0.715. The average molecular weight is 227 g/mol. The van der Waals surface area contributed by atoms with Gasteiger partial charge in [0, 0.05) is 29.9 Å². The minimum Gasteiger partial charge on any atom is -0.397 e. The Kier molecular flexibility index (Phi) is 2.39. The Hall–Kier alpha value is -1.77. The number of hydrogen-bond donors (Lipinski definition) is 1. The van der Waals surface area contributed by atoms with Crippen molar-refractivity contribution in [1.29, 1.82) is 0 Å². The Bertz CT molecular complexity index is 546. The van der Waals surface area contributed by atoms with Gasteiger partial charge in [0.05, 0.1) is 11.2 Å². The summed E-state index contributed by atoms with van der Waals surface area (Å²) >= 11 is 0. The molecule has 1 aliphatic carbocycles. The summed E-state index contributed by atoms with van der Waals surface area (Å²) in [6.07, 6.45) is 4.47. The molecule has 0 amide bonds. The molecule has 0 spiro atoms. The minimum atomic E-state index is 0.715. The number of anilines is 2. The van der Waals surface area contributed by atoms with Crippen LogP contribution in [0.25, 0.3) is 10.9 Å². The second-order valence-electron chi connectivity index (χ2n) is 4.59. The largest absolute Gasteiger partial charge is 0.397 e. The molecule has 3 heteroatoms. The molecule has 1 aromatic carbocycles. The molecule has 1 fully saturated rings. The summed E-state index contributed by atoms with van der Waals surface area (Å²) in [7, 11) is 0. The predicted molar refractivity (Wildman–Crippen MR) is 72.2 cm³/mol. The zero-order valence-corrected chi connectivity index (χ0v) is 10.1. The van der Waals surface area contributed by atoms with Crippen LogP contribution in [-0.4, -0.2) is 17.6 Å². The lowest BCUT2D eigenvalue weighted by Crippen LogP contribution is -2.25. The Balaban J connectivity index is 2.18. The van der Waals surface area contributed by atoms with Gasteiger partial charge in [0.25, 0.3) is 0 Å². The van der Waals surface area contributed by atoms with Crippen molar-refractivity contribution in [3.8, 4) is 0 Å². The molecule has 2 N–H and O–H groups in total. The highest BCUT2D eigenvalue weighted by molar-refractivity contribution is 5.98. The summed E-state index contributed by atoms with van der Waals surface area (Å²) in [6, 6.07) is 8.84. The van der Waals surface area contributed by atoms with Gasteiger partial charge < -0.3 is 10.6 Å². The van der Waals surface area contributed by atoms with Crippen LogP contribution >= 0.6 is 0 Å². The molecular formula is C14H17N3. The molecule has 2 aromatic rings. The van der Waals surface area contributed by atoms with E-state index in [1.165, 1.54) is 23.9 Å². The molecule has 1 saturated carbocycles. The van der Waals surface area contributed by atoms with Crippen LogP contribution in [0, 0.1) is 0 Å². The Labute approximate surface area is 101 Å². The fourth-order valence-electron chi connectivity index (χ4n) is 2.45. The van der Waals surface area contributed by atoms with E-state index in [1.54, 1.807) is 0 Å². The van der Waals surface area contributed by atoms with E-state index in [0.717, 1.165) is 17.7 Å². The fraction of sp³-hybridized carbons (Fsp3) is 0.357. The monoisotopic (exact) mass is 227 g/mol. The third kappa shape index (κ3) is 1.71. The molecule has 0 unspecified atom stereocenters. The zero-order chi connectivity index (χ0) is 11.8. The number of fused-ring (bicyclic) bond motifs is 1. The summed E-state index contributed by atoms with van der Waals surface area (Å²) in [5.41, 5.74) is 8.93. The highest BCUT2D eigenvalue weighted by Gasteiger charge is 2.29. The number of nitrogen functional groups attached to an aromatic ring is 1. The van der Waals surface area contributed by atoms with Crippen LogP contribution in [-0.2, 0) is 0 Å².